The Morgan fingerprint density at radius 3 is 1.89 bits per heavy atom. The minimum Gasteiger partial charge on any atom is -0.413 e. The second-order valence-corrected chi connectivity index (χ2v) is 18.5. The van der Waals surface area contributed by atoms with Crippen LogP contribution in [0.1, 0.15) is 94.2 Å². The molecule has 0 N–H and O–H groups in total. The molecule has 0 radical (unpaired) electrons. The molecule has 1 aromatic heterocycles. The lowest BCUT2D eigenvalue weighted by molar-refractivity contribution is -0.104. The molecular weight excluding hydrogens is 509 g/mol. The third kappa shape index (κ3) is 9.43. The average molecular weight is 559 g/mol. The van der Waals surface area contributed by atoms with E-state index in [1.807, 2.05) is 0 Å². The van der Waals surface area contributed by atoms with Gasteiger partial charge >= 0.3 is 0 Å². The highest BCUT2D eigenvalue weighted by Crippen LogP contribution is 2.45. The number of hydrogen-bond acceptors (Lipinski definition) is 4. The van der Waals surface area contributed by atoms with E-state index in [0.717, 1.165) is 31.1 Å². The number of aldehydes is 1. The van der Waals surface area contributed by atoms with Gasteiger partial charge in [-0.3, -0.25) is 4.79 Å². The van der Waals surface area contributed by atoms with Crippen LogP contribution in [-0.4, -0.2) is 24.4 Å². The highest BCUT2D eigenvalue weighted by Gasteiger charge is 2.35. The van der Waals surface area contributed by atoms with Gasteiger partial charge < -0.3 is 8.85 Å². The molecule has 206 valence electrons. The molecule has 3 nitrogen and oxygen atoms in total. The summed E-state index contributed by atoms with van der Waals surface area (Å²) >= 11 is 1.74. The molecular formula is C31H50O3SSi2. The fourth-order valence-corrected chi connectivity index (χ4v) is 7.94. The quantitative estimate of drug-likeness (QED) is 0.148. The van der Waals surface area contributed by atoms with Gasteiger partial charge in [-0.2, -0.15) is 0 Å². The summed E-state index contributed by atoms with van der Waals surface area (Å²) in [6.45, 7) is 24.9. The molecule has 2 atom stereocenters. The Bertz CT molecular complexity index is 1040. The summed E-state index contributed by atoms with van der Waals surface area (Å²) in [4.78, 5) is 12.2. The van der Waals surface area contributed by atoms with Crippen molar-refractivity contribution in [1.29, 1.82) is 0 Å². The molecule has 0 aliphatic carbocycles. The highest BCUT2D eigenvalue weighted by atomic mass is 32.1. The first kappa shape index (κ1) is 31.9. The van der Waals surface area contributed by atoms with Crippen molar-refractivity contribution < 1.29 is 13.6 Å². The molecule has 6 heteroatoms. The molecule has 0 saturated carbocycles. The van der Waals surface area contributed by atoms with E-state index in [1.165, 1.54) is 27.1 Å². The van der Waals surface area contributed by atoms with Gasteiger partial charge in [-0.25, -0.2) is 0 Å². The number of benzene rings is 1. The second kappa shape index (κ2) is 13.7. The van der Waals surface area contributed by atoms with E-state index in [0.29, 0.717) is 0 Å². The molecule has 2 aromatic rings. The molecule has 37 heavy (non-hydrogen) atoms. The summed E-state index contributed by atoms with van der Waals surface area (Å²) in [6.07, 6.45) is 5.48. The Labute approximate surface area is 234 Å². The van der Waals surface area contributed by atoms with Crippen molar-refractivity contribution in [3.05, 3.63) is 62.9 Å². The Balaban J connectivity index is 2.50. The first-order valence-corrected chi connectivity index (χ1v) is 20.3. The number of allylic oxidation sites excluding steroid dienone is 2. The van der Waals surface area contributed by atoms with Crippen molar-refractivity contribution in [1.82, 2.24) is 0 Å². The summed E-state index contributed by atoms with van der Waals surface area (Å²) in [5, 5.41) is 2.24. The maximum absolute atomic E-state index is 11.0. The average Bonchev–Trinajstić information content (AvgIpc) is 3.25. The number of hydrogen-bond donors (Lipinski definition) is 0. The number of aryl methyl sites for hydroxylation is 2. The maximum atomic E-state index is 11.0. The lowest BCUT2D eigenvalue weighted by Gasteiger charge is -2.39. The van der Waals surface area contributed by atoms with Crippen molar-refractivity contribution in [3.8, 4) is 0 Å². The van der Waals surface area contributed by atoms with Crippen LogP contribution in [0.5, 0.6) is 0 Å². The molecule has 0 amide bonds. The SMILES string of the molecule is CCC(=CC=O)c1cc(CCc2ccc(C(O[SiH](C)C)C(C)(C)C)c(C(O[SiH](C)C)C(C)(C)C)c2)cs1. The van der Waals surface area contributed by atoms with E-state index in [9.17, 15) is 4.79 Å². The minimum atomic E-state index is -1.28. The van der Waals surface area contributed by atoms with E-state index in [-0.39, 0.29) is 23.0 Å². The summed E-state index contributed by atoms with van der Waals surface area (Å²) in [7, 11) is -2.54. The van der Waals surface area contributed by atoms with E-state index < -0.39 is 18.1 Å². The normalized spacial score (nSPS) is 14.9. The van der Waals surface area contributed by atoms with Crippen molar-refractivity contribution in [2.45, 2.75) is 106 Å². The largest absolute Gasteiger partial charge is 0.413 e. The molecule has 1 aromatic carbocycles. The van der Waals surface area contributed by atoms with Gasteiger partial charge in [0.25, 0.3) is 0 Å². The fraction of sp³-hybridized carbons (Fsp3) is 0.581. The van der Waals surface area contributed by atoms with Gasteiger partial charge in [0.15, 0.2) is 18.1 Å². The first-order valence-electron chi connectivity index (χ1n) is 13.8. The zero-order valence-electron chi connectivity index (χ0n) is 25.1. The van der Waals surface area contributed by atoms with E-state index in [4.69, 9.17) is 8.85 Å². The highest BCUT2D eigenvalue weighted by molar-refractivity contribution is 7.11. The number of carbonyl (C=O) groups excluding carboxylic acids is 1. The van der Waals surface area contributed by atoms with Crippen LogP contribution in [-0.2, 0) is 26.5 Å². The van der Waals surface area contributed by atoms with Crippen molar-refractivity contribution in [2.24, 2.45) is 10.8 Å². The number of rotatable bonds is 12. The monoisotopic (exact) mass is 558 g/mol. The summed E-state index contributed by atoms with van der Waals surface area (Å²) in [6, 6.07) is 9.28. The van der Waals surface area contributed by atoms with Crippen molar-refractivity contribution >= 4 is 41.3 Å². The minimum absolute atomic E-state index is 0.00959. The fourth-order valence-electron chi connectivity index (χ4n) is 4.70. The molecule has 0 fully saturated rings. The van der Waals surface area contributed by atoms with E-state index in [2.05, 4.69) is 104 Å². The van der Waals surface area contributed by atoms with Gasteiger partial charge in [0, 0.05) is 4.88 Å². The molecule has 0 bridgehead atoms. The van der Waals surface area contributed by atoms with E-state index in [1.54, 1.807) is 17.4 Å². The third-order valence-electron chi connectivity index (χ3n) is 6.43. The lowest BCUT2D eigenvalue weighted by Crippen LogP contribution is -2.31. The van der Waals surface area contributed by atoms with E-state index >= 15 is 0 Å². The van der Waals surface area contributed by atoms with Crippen LogP contribution in [0.25, 0.3) is 5.57 Å². The molecule has 0 saturated heterocycles. The zero-order valence-corrected chi connectivity index (χ0v) is 28.2. The van der Waals surface area contributed by atoms with Crippen molar-refractivity contribution in [2.75, 3.05) is 0 Å². The van der Waals surface area contributed by atoms with Crippen LogP contribution >= 0.6 is 11.3 Å². The van der Waals surface area contributed by atoms with Crippen molar-refractivity contribution in [3.63, 3.8) is 0 Å². The first-order chi connectivity index (χ1) is 17.2. The maximum Gasteiger partial charge on any atom is 0.171 e. The topological polar surface area (TPSA) is 35.5 Å². The molecule has 0 aliphatic rings. The van der Waals surface area contributed by atoms with Gasteiger partial charge in [-0.15, -0.1) is 11.3 Å². The van der Waals surface area contributed by atoms with Gasteiger partial charge in [0.2, 0.25) is 0 Å². The Kier molecular flexibility index (Phi) is 11.8. The second-order valence-electron chi connectivity index (χ2n) is 12.8. The summed E-state index contributed by atoms with van der Waals surface area (Å²) in [5.41, 5.74) is 6.34. The Morgan fingerprint density at radius 2 is 1.41 bits per heavy atom. The molecule has 0 spiro atoms. The van der Waals surface area contributed by atoms with Crippen LogP contribution in [0.2, 0.25) is 26.2 Å². The molecule has 2 rings (SSSR count). The third-order valence-corrected chi connectivity index (χ3v) is 9.12. The molecule has 1 heterocycles. The number of thiophene rings is 1. The molecule has 2 unspecified atom stereocenters. The smallest absolute Gasteiger partial charge is 0.171 e. The molecule has 0 aliphatic heterocycles. The van der Waals surface area contributed by atoms with Gasteiger partial charge in [0.1, 0.15) is 6.29 Å². The zero-order chi connectivity index (χ0) is 28.0. The summed E-state index contributed by atoms with van der Waals surface area (Å²) < 4.78 is 13.5. The Hall–Kier alpha value is -1.32. The Morgan fingerprint density at radius 1 is 0.865 bits per heavy atom. The number of carbonyl (C=O) groups is 1. The van der Waals surface area contributed by atoms with Gasteiger partial charge in [-0.1, -0.05) is 66.7 Å². The van der Waals surface area contributed by atoms with Crippen LogP contribution in [0.4, 0.5) is 0 Å². The van der Waals surface area contributed by atoms with Gasteiger partial charge in [-0.05, 0) is 102 Å². The van der Waals surface area contributed by atoms with Crippen LogP contribution in [0.3, 0.4) is 0 Å². The standard InChI is InChI=1S/C31H50O3SSi2/c1-12-24(17-18-32)27-20-23(21-35-27)14-13-22-15-16-25(28(30(2,3)4)33-36(8)9)26(19-22)29(31(5,6)7)34-37(10)11/h15-21,28-29,36-37H,12-14H2,1-11H3. The van der Waals surface area contributed by atoms with Crippen LogP contribution < -0.4 is 0 Å². The van der Waals surface area contributed by atoms with Gasteiger partial charge in [0.05, 0.1) is 12.2 Å². The van der Waals surface area contributed by atoms with Crippen LogP contribution in [0.15, 0.2) is 35.7 Å². The predicted molar refractivity (Wildman–Crippen MR) is 167 cm³/mol. The van der Waals surface area contributed by atoms with Crippen LogP contribution in [0, 0.1) is 10.8 Å². The predicted octanol–water partition coefficient (Wildman–Crippen LogP) is 8.70. The summed E-state index contributed by atoms with van der Waals surface area (Å²) in [5.74, 6) is 0. The lowest BCUT2D eigenvalue weighted by atomic mass is 9.77.